The van der Waals surface area contributed by atoms with Gasteiger partial charge in [-0.3, -0.25) is 14.9 Å². The van der Waals surface area contributed by atoms with E-state index >= 15 is 0 Å². The highest BCUT2D eigenvalue weighted by Crippen LogP contribution is 2.24. The highest BCUT2D eigenvalue weighted by atomic mass is 16.3. The van der Waals surface area contributed by atoms with Crippen molar-refractivity contribution in [2.75, 3.05) is 18.0 Å². The molecule has 27 heavy (non-hydrogen) atoms. The molecule has 2 N–H and O–H groups in total. The van der Waals surface area contributed by atoms with Crippen LogP contribution in [0.3, 0.4) is 0 Å². The third-order valence-corrected chi connectivity index (χ3v) is 5.02. The summed E-state index contributed by atoms with van der Waals surface area (Å²) in [6, 6.07) is 9.25. The fourth-order valence-electron chi connectivity index (χ4n) is 3.53. The second kappa shape index (κ2) is 6.17. The summed E-state index contributed by atoms with van der Waals surface area (Å²) >= 11 is 0. The van der Waals surface area contributed by atoms with Crippen molar-refractivity contribution in [2.24, 2.45) is 0 Å². The molecule has 4 aromatic heterocycles. The Kier molecular flexibility index (Phi) is 3.64. The van der Waals surface area contributed by atoms with Gasteiger partial charge in [0.05, 0.1) is 22.5 Å². The van der Waals surface area contributed by atoms with Crippen LogP contribution in [0.15, 0.2) is 47.5 Å². The van der Waals surface area contributed by atoms with Crippen molar-refractivity contribution < 1.29 is 5.11 Å². The third-order valence-electron chi connectivity index (χ3n) is 5.02. The maximum absolute atomic E-state index is 12.8. The van der Waals surface area contributed by atoms with Crippen molar-refractivity contribution in [1.82, 2.24) is 24.7 Å². The van der Waals surface area contributed by atoms with Gasteiger partial charge in [0.1, 0.15) is 11.3 Å². The molecule has 1 fully saturated rings. The molecule has 1 saturated heterocycles. The molecule has 8 nitrogen and oxygen atoms in total. The maximum Gasteiger partial charge on any atom is 0.282 e. The number of aliphatic hydroxyl groups excluding tert-OH is 1. The van der Waals surface area contributed by atoms with Gasteiger partial charge in [-0.15, -0.1) is 0 Å². The van der Waals surface area contributed by atoms with E-state index in [0.717, 1.165) is 37.3 Å². The lowest BCUT2D eigenvalue weighted by atomic mass is 10.1. The van der Waals surface area contributed by atoms with Crippen molar-refractivity contribution in [3.63, 3.8) is 0 Å². The fraction of sp³-hybridized carbons (Fsp3) is 0.263. The summed E-state index contributed by atoms with van der Waals surface area (Å²) in [6.07, 6.45) is 4.45. The van der Waals surface area contributed by atoms with Crippen molar-refractivity contribution in [3.05, 3.63) is 53.1 Å². The number of hydrogen-bond acceptors (Lipinski definition) is 6. The molecule has 0 saturated carbocycles. The van der Waals surface area contributed by atoms with Gasteiger partial charge < -0.3 is 10.0 Å². The summed E-state index contributed by atoms with van der Waals surface area (Å²) in [6.45, 7) is 1.52. The Labute approximate surface area is 154 Å². The highest BCUT2D eigenvalue weighted by molar-refractivity contribution is 6.00. The van der Waals surface area contributed by atoms with Gasteiger partial charge in [0, 0.05) is 25.5 Å². The molecule has 0 radical (unpaired) electrons. The van der Waals surface area contributed by atoms with Crippen LogP contribution in [0, 0.1) is 0 Å². The molecule has 0 spiro atoms. The van der Waals surface area contributed by atoms with Crippen LogP contribution in [-0.4, -0.2) is 49.0 Å². The summed E-state index contributed by atoms with van der Waals surface area (Å²) in [5.74, 6) is 1.35. The normalized spacial score (nSPS) is 15.7. The summed E-state index contributed by atoms with van der Waals surface area (Å²) in [7, 11) is 0. The summed E-state index contributed by atoms with van der Waals surface area (Å²) < 4.78 is 1.41. The van der Waals surface area contributed by atoms with Crippen molar-refractivity contribution in [1.29, 1.82) is 0 Å². The van der Waals surface area contributed by atoms with Gasteiger partial charge in [-0.1, -0.05) is 6.07 Å². The van der Waals surface area contributed by atoms with Crippen LogP contribution in [0.2, 0.25) is 0 Å². The molecule has 4 aromatic rings. The number of piperidine rings is 1. The quantitative estimate of drug-likeness (QED) is 0.562. The molecule has 5 heterocycles. The predicted molar refractivity (Wildman–Crippen MR) is 102 cm³/mol. The molecule has 5 rings (SSSR count). The van der Waals surface area contributed by atoms with Gasteiger partial charge in [-0.25, -0.2) is 14.6 Å². The molecule has 1 aliphatic heterocycles. The first kappa shape index (κ1) is 16.0. The molecule has 0 bridgehead atoms. The number of anilines is 1. The van der Waals surface area contributed by atoms with Gasteiger partial charge in [0.2, 0.25) is 0 Å². The number of nitrogens with zero attached hydrogens (tertiary/aromatic N) is 5. The molecule has 0 aliphatic carbocycles. The second-order valence-electron chi connectivity index (χ2n) is 6.74. The Morgan fingerprint density at radius 3 is 2.70 bits per heavy atom. The van der Waals surface area contributed by atoms with Gasteiger partial charge in [-0.05, 0) is 37.1 Å². The van der Waals surface area contributed by atoms with E-state index < -0.39 is 0 Å². The van der Waals surface area contributed by atoms with Crippen LogP contribution in [0.25, 0.3) is 27.8 Å². The van der Waals surface area contributed by atoms with Gasteiger partial charge in [0.25, 0.3) is 5.56 Å². The molecule has 0 aromatic carbocycles. The second-order valence-corrected chi connectivity index (χ2v) is 6.74. The predicted octanol–water partition coefficient (Wildman–Crippen LogP) is 1.62. The van der Waals surface area contributed by atoms with E-state index in [-0.39, 0.29) is 11.7 Å². The van der Waals surface area contributed by atoms with Crippen molar-refractivity contribution in [3.8, 4) is 5.82 Å². The van der Waals surface area contributed by atoms with E-state index in [0.29, 0.717) is 22.2 Å². The van der Waals surface area contributed by atoms with Gasteiger partial charge in [-0.2, -0.15) is 0 Å². The Balaban J connectivity index is 1.67. The van der Waals surface area contributed by atoms with Gasteiger partial charge >= 0.3 is 0 Å². The molecule has 8 heteroatoms. The van der Waals surface area contributed by atoms with E-state index in [2.05, 4.69) is 20.0 Å². The zero-order chi connectivity index (χ0) is 18.4. The average Bonchev–Trinajstić information content (AvgIpc) is 3.06. The third kappa shape index (κ3) is 2.65. The number of hydrogen-bond donors (Lipinski definition) is 2. The zero-order valence-corrected chi connectivity index (χ0v) is 14.5. The summed E-state index contributed by atoms with van der Waals surface area (Å²) in [4.78, 5) is 28.4. The summed E-state index contributed by atoms with van der Waals surface area (Å²) in [5.41, 5.74) is 1.82. The SMILES string of the molecule is O=c1c2cnc3ccc(N4CCC(O)CC4)nc3c2[nH]n1-c1ccccn1. The first-order valence-electron chi connectivity index (χ1n) is 8.95. The highest BCUT2D eigenvalue weighted by Gasteiger charge is 2.19. The molecule has 0 unspecified atom stereocenters. The number of aromatic amines is 1. The van der Waals surface area contributed by atoms with E-state index in [1.807, 2.05) is 18.2 Å². The monoisotopic (exact) mass is 362 g/mol. The molecule has 0 amide bonds. The minimum absolute atomic E-state index is 0.202. The largest absolute Gasteiger partial charge is 0.393 e. The average molecular weight is 362 g/mol. The van der Waals surface area contributed by atoms with Crippen LogP contribution in [-0.2, 0) is 0 Å². The Hall–Kier alpha value is -3.26. The van der Waals surface area contributed by atoms with E-state index in [9.17, 15) is 9.90 Å². The number of H-pyrrole nitrogens is 1. The van der Waals surface area contributed by atoms with Crippen LogP contribution in [0.4, 0.5) is 5.82 Å². The van der Waals surface area contributed by atoms with Gasteiger partial charge in [0.15, 0.2) is 5.82 Å². The topological polar surface area (TPSA) is 99.9 Å². The Bertz CT molecular complexity index is 1180. The number of rotatable bonds is 2. The lowest BCUT2D eigenvalue weighted by Crippen LogP contribution is -2.36. The smallest absolute Gasteiger partial charge is 0.282 e. The lowest BCUT2D eigenvalue weighted by Gasteiger charge is -2.30. The number of nitrogens with one attached hydrogen (secondary N) is 1. The van der Waals surface area contributed by atoms with Crippen molar-refractivity contribution >= 4 is 27.8 Å². The van der Waals surface area contributed by atoms with Crippen LogP contribution in [0.5, 0.6) is 0 Å². The zero-order valence-electron chi connectivity index (χ0n) is 14.5. The number of aliphatic hydroxyl groups is 1. The van der Waals surface area contributed by atoms with Crippen molar-refractivity contribution in [2.45, 2.75) is 18.9 Å². The first-order chi connectivity index (χ1) is 13.2. The maximum atomic E-state index is 12.8. The van der Waals surface area contributed by atoms with Crippen LogP contribution in [0.1, 0.15) is 12.8 Å². The fourth-order valence-corrected chi connectivity index (χ4v) is 3.53. The number of fused-ring (bicyclic) bond motifs is 3. The van der Waals surface area contributed by atoms with E-state index in [1.54, 1.807) is 24.5 Å². The standard InChI is InChI=1S/C19H18N6O2/c26-12-6-9-24(10-7-12)16-5-4-14-18(22-16)17-13(11-21-14)19(27)25(23-17)15-3-1-2-8-20-15/h1-5,8,11-12,23,26H,6-7,9-10H2. The first-order valence-corrected chi connectivity index (χ1v) is 8.95. The summed E-state index contributed by atoms with van der Waals surface area (Å²) in [5, 5.41) is 13.3. The van der Waals surface area contributed by atoms with E-state index in [4.69, 9.17) is 4.98 Å². The van der Waals surface area contributed by atoms with Crippen LogP contribution < -0.4 is 10.5 Å². The minimum Gasteiger partial charge on any atom is -0.393 e. The molecule has 1 aliphatic rings. The minimum atomic E-state index is -0.237. The molecular weight excluding hydrogens is 344 g/mol. The molecule has 0 atom stereocenters. The number of pyridine rings is 3. The van der Waals surface area contributed by atoms with E-state index in [1.165, 1.54) is 4.68 Å². The lowest BCUT2D eigenvalue weighted by molar-refractivity contribution is 0.145. The number of aromatic nitrogens is 5. The Morgan fingerprint density at radius 2 is 1.93 bits per heavy atom. The van der Waals surface area contributed by atoms with Crippen LogP contribution >= 0.6 is 0 Å². The molecule has 136 valence electrons. The Morgan fingerprint density at radius 1 is 1.07 bits per heavy atom. The molecular formula is C19H18N6O2.